The smallest absolute Gasteiger partial charge is 0.316 e. The van der Waals surface area contributed by atoms with Crippen molar-refractivity contribution < 1.29 is 28.0 Å². The van der Waals surface area contributed by atoms with Crippen molar-refractivity contribution in [2.24, 2.45) is 22.1 Å². The van der Waals surface area contributed by atoms with Gasteiger partial charge in [0, 0.05) is 37.4 Å². The second-order valence-electron chi connectivity index (χ2n) is 13.6. The van der Waals surface area contributed by atoms with Gasteiger partial charge in [-0.15, -0.1) is 0 Å². The molecule has 1 saturated heterocycles. The van der Waals surface area contributed by atoms with Crippen molar-refractivity contribution in [1.82, 2.24) is 10.2 Å². The van der Waals surface area contributed by atoms with Crippen molar-refractivity contribution >= 4 is 39.8 Å². The monoisotopic (exact) mass is 711 g/mol. The van der Waals surface area contributed by atoms with E-state index in [1.165, 1.54) is 11.1 Å². The molecule has 266 valence electrons. The van der Waals surface area contributed by atoms with Gasteiger partial charge in [0.15, 0.2) is 0 Å². The Labute approximate surface area is 296 Å². The number of urea groups is 1. The van der Waals surface area contributed by atoms with Gasteiger partial charge in [0.25, 0.3) is 5.91 Å². The summed E-state index contributed by atoms with van der Waals surface area (Å²) in [4.78, 5) is 30.9. The predicted molar refractivity (Wildman–Crippen MR) is 191 cm³/mol. The van der Waals surface area contributed by atoms with Crippen LogP contribution in [0.25, 0.3) is 0 Å². The highest BCUT2D eigenvalue weighted by atomic mass is 35.5. The van der Waals surface area contributed by atoms with E-state index in [1.54, 1.807) is 18.1 Å². The number of ether oxygens (including phenoxy) is 3. The largest absolute Gasteiger partial charge is 0.491 e. The highest BCUT2D eigenvalue weighted by molar-refractivity contribution is 7.75. The Kier molecular flexibility index (Phi) is 11.9. The summed E-state index contributed by atoms with van der Waals surface area (Å²) in [5, 5.41) is 2.78. The Morgan fingerprint density at radius 3 is 2.71 bits per heavy atom. The summed E-state index contributed by atoms with van der Waals surface area (Å²) >= 11 is 6.45. The van der Waals surface area contributed by atoms with E-state index in [1.807, 2.05) is 32.0 Å². The number of anilines is 1. The molecule has 0 aromatic heterocycles. The van der Waals surface area contributed by atoms with Crippen molar-refractivity contribution in [2.45, 2.75) is 76.5 Å². The molecule has 5 atom stereocenters. The number of fused-ring (bicyclic) bond motifs is 3. The summed E-state index contributed by atoms with van der Waals surface area (Å²) in [6, 6.07) is 11.1. The van der Waals surface area contributed by atoms with Gasteiger partial charge in [-0.3, -0.25) is 4.79 Å². The first-order valence-corrected chi connectivity index (χ1v) is 19.1. The number of allylic oxidation sites excluding steroid dienone is 1. The van der Waals surface area contributed by atoms with Crippen molar-refractivity contribution in [3.8, 4) is 5.75 Å². The first-order chi connectivity index (χ1) is 23.7. The Morgan fingerprint density at radius 1 is 1.12 bits per heavy atom. The molecule has 2 aromatic rings. The van der Waals surface area contributed by atoms with E-state index in [0.717, 1.165) is 49.4 Å². The summed E-state index contributed by atoms with van der Waals surface area (Å²) in [5.41, 5.74) is 3.53. The average molecular weight is 712 g/mol. The fraction of sp³-hybridized carbons (Fsp3) is 0.568. The highest BCUT2D eigenvalue weighted by Crippen LogP contribution is 2.42. The number of hydrogen-bond donors (Lipinski definition) is 1. The minimum atomic E-state index is -2.04. The first-order valence-electron chi connectivity index (χ1n) is 17.6. The second kappa shape index (κ2) is 16.3. The molecule has 10 nitrogen and oxygen atoms in total. The van der Waals surface area contributed by atoms with E-state index in [0.29, 0.717) is 62.4 Å². The van der Waals surface area contributed by atoms with Gasteiger partial charge in [0.2, 0.25) is 0 Å². The molecule has 1 unspecified atom stereocenters. The Hall–Kier alpha value is -3.12. The average Bonchev–Trinajstić information content (AvgIpc) is 3.08. The minimum absolute atomic E-state index is 0.00318. The number of carbonyl (C=O) groups is 2. The predicted octanol–water partition coefficient (Wildman–Crippen LogP) is 6.74. The fourth-order valence-electron chi connectivity index (χ4n) is 7.28. The van der Waals surface area contributed by atoms with Crippen LogP contribution in [0, 0.1) is 17.8 Å². The number of benzene rings is 2. The van der Waals surface area contributed by atoms with Crippen molar-refractivity contribution in [2.75, 3.05) is 44.9 Å². The van der Waals surface area contributed by atoms with Crippen LogP contribution in [0.4, 0.5) is 10.5 Å². The van der Waals surface area contributed by atoms with E-state index < -0.39 is 21.9 Å². The SMILES string of the molecule is CCOC1CN(C(=O)NC2[C@@H](C)C/C=C/[C@H](OC)[C@@H]3CC[C@H]3CN3Cc4ccc(Cl)cc4CCCCOc4ccc(cc43)C(=O)N=[S-]2=O)C1. The number of hydrogen-bond acceptors (Lipinski definition) is 8. The second-order valence-corrected chi connectivity index (χ2v) is 15.3. The third kappa shape index (κ3) is 8.44. The van der Waals surface area contributed by atoms with Crippen LogP contribution in [0.2, 0.25) is 5.02 Å². The highest BCUT2D eigenvalue weighted by Gasteiger charge is 2.38. The number of likely N-dealkylation sites (tertiary alicyclic amines) is 1. The number of halogens is 1. The molecule has 3 aliphatic heterocycles. The van der Waals surface area contributed by atoms with E-state index in [-0.39, 0.29) is 24.2 Å². The van der Waals surface area contributed by atoms with Crippen LogP contribution in [0.5, 0.6) is 5.75 Å². The van der Waals surface area contributed by atoms with Crippen LogP contribution in [0.1, 0.15) is 67.4 Å². The van der Waals surface area contributed by atoms with Crippen molar-refractivity contribution in [3.05, 3.63) is 70.3 Å². The molecule has 1 aliphatic carbocycles. The molecule has 12 heteroatoms. The van der Waals surface area contributed by atoms with E-state index in [4.69, 9.17) is 25.8 Å². The van der Waals surface area contributed by atoms with Crippen LogP contribution in [-0.2, 0) is 37.2 Å². The van der Waals surface area contributed by atoms with Crippen LogP contribution in [-0.4, -0.2) is 74.4 Å². The third-order valence-corrected chi connectivity index (χ3v) is 11.9. The van der Waals surface area contributed by atoms with Gasteiger partial charge in [-0.2, -0.15) is 10.6 Å². The molecule has 1 N–H and O–H groups in total. The number of carbonyl (C=O) groups excluding carboxylic acids is 2. The summed E-state index contributed by atoms with van der Waals surface area (Å²) in [6.45, 7) is 7.27. The molecule has 6 rings (SSSR count). The number of aryl methyl sites for hydroxylation is 1. The Bertz CT molecular complexity index is 1620. The van der Waals surface area contributed by atoms with Crippen LogP contribution < -0.4 is 15.0 Å². The van der Waals surface area contributed by atoms with E-state index >= 15 is 0 Å². The number of nitrogens with zero attached hydrogens (tertiary/aromatic N) is 3. The zero-order valence-electron chi connectivity index (χ0n) is 28.6. The lowest BCUT2D eigenvalue weighted by molar-refractivity contribution is -0.0302. The van der Waals surface area contributed by atoms with Gasteiger partial charge in [0.1, 0.15) is 5.75 Å². The van der Waals surface area contributed by atoms with Gasteiger partial charge >= 0.3 is 6.03 Å². The third-order valence-electron chi connectivity index (χ3n) is 10.3. The van der Waals surface area contributed by atoms with Gasteiger partial charge < -0.3 is 37.9 Å². The van der Waals surface area contributed by atoms with Gasteiger partial charge in [-0.1, -0.05) is 36.7 Å². The fourth-order valence-corrected chi connectivity index (χ4v) is 8.57. The van der Waals surface area contributed by atoms with Crippen LogP contribution in [0.3, 0.4) is 0 Å². The number of methoxy groups -OCH3 is 1. The maximum atomic E-state index is 13.8. The molecular formula is C37H48ClN4O6S-. The first kappa shape index (κ1) is 35.7. The summed E-state index contributed by atoms with van der Waals surface area (Å²) in [6.07, 6.45) is 9.46. The molecule has 3 heterocycles. The molecular weight excluding hydrogens is 664 g/mol. The molecule has 2 fully saturated rings. The molecule has 49 heavy (non-hydrogen) atoms. The van der Waals surface area contributed by atoms with Gasteiger partial charge in [-0.25, -0.2) is 4.79 Å². The summed E-state index contributed by atoms with van der Waals surface area (Å²) in [7, 11) is -0.294. The van der Waals surface area contributed by atoms with Crippen LogP contribution >= 0.6 is 11.6 Å². The molecule has 1 saturated carbocycles. The van der Waals surface area contributed by atoms with E-state index in [2.05, 4.69) is 38.9 Å². The van der Waals surface area contributed by atoms with Crippen molar-refractivity contribution in [1.29, 1.82) is 0 Å². The zero-order valence-corrected chi connectivity index (χ0v) is 30.2. The molecule has 0 spiro atoms. The summed E-state index contributed by atoms with van der Waals surface area (Å²) < 4.78 is 36.0. The number of rotatable bonds is 4. The molecule has 3 amide bonds. The standard InChI is InChI=1S/C37H48ClN4O6S/c1-4-47-30-22-42(23-30)37(44)39-36-24(2)8-7-10-33(46-3)31-15-12-28(31)21-41-20-27-11-14-29(38)18-25(27)9-5-6-17-48-34-16-13-26(19-32(34)41)35(43)40-49(36)45/h7,10-11,13-14,16,18-19,24,28,30-31,33,36H,4-6,8-9,12,15,17,20-23H2,1-3H3,(H,39,44)/q-1/b10-7+/t24-,28-,31+,33-,36?/m0/s1. The maximum Gasteiger partial charge on any atom is 0.316 e. The van der Waals surface area contributed by atoms with Crippen LogP contribution in [0.15, 0.2) is 52.9 Å². The lowest BCUT2D eigenvalue weighted by atomic mass is 9.70. The molecule has 4 aliphatic rings. The lowest BCUT2D eigenvalue weighted by Crippen LogP contribution is -2.59. The molecule has 2 aromatic carbocycles. The zero-order chi connectivity index (χ0) is 34.5. The minimum Gasteiger partial charge on any atom is -0.491 e. The molecule has 2 bridgehead atoms. The van der Waals surface area contributed by atoms with Gasteiger partial charge in [-0.05, 0) is 110 Å². The quantitative estimate of drug-likeness (QED) is 0.276. The number of amides is 3. The molecule has 0 radical (unpaired) electrons. The Balaban J connectivity index is 1.37. The van der Waals surface area contributed by atoms with Gasteiger partial charge in [0.05, 0.1) is 37.6 Å². The lowest BCUT2D eigenvalue weighted by Gasteiger charge is -2.43. The normalized spacial score (nSPS) is 27.6. The number of nitrogens with one attached hydrogen (secondary N) is 1. The Morgan fingerprint density at radius 2 is 1.96 bits per heavy atom. The maximum absolute atomic E-state index is 13.8. The topological polar surface area (TPSA) is 110 Å². The van der Waals surface area contributed by atoms with E-state index in [9.17, 15) is 13.8 Å². The summed E-state index contributed by atoms with van der Waals surface area (Å²) in [5.74, 6) is 0.501. The van der Waals surface area contributed by atoms with Crippen molar-refractivity contribution in [3.63, 3.8) is 0 Å².